The Morgan fingerprint density at radius 3 is 2.65 bits per heavy atom. The van der Waals surface area contributed by atoms with Crippen molar-refractivity contribution in [3.63, 3.8) is 0 Å². The molecule has 2 amide bonds. The Kier molecular flexibility index (Phi) is 8.49. The zero-order valence-electron chi connectivity index (χ0n) is 12.2. The Morgan fingerprint density at radius 2 is 2.05 bits per heavy atom. The van der Waals surface area contributed by atoms with Gasteiger partial charge in [-0.3, -0.25) is 0 Å². The lowest BCUT2D eigenvalue weighted by Gasteiger charge is -2.15. The fraction of sp³-hybridized carbons (Fsp3) is 0.857. The summed E-state index contributed by atoms with van der Waals surface area (Å²) in [5.74, 6) is 0.576. The number of thioether (sulfide) groups is 1. The highest BCUT2D eigenvalue weighted by molar-refractivity contribution is 7.98. The zero-order chi connectivity index (χ0) is 14.8. The monoisotopic (exact) mass is 302 g/mol. The molecule has 0 aromatic carbocycles. The number of aliphatic carboxylic acids is 1. The molecular formula is C14H26N2O3S. The molecule has 0 heterocycles. The number of hydrogen-bond acceptors (Lipinski definition) is 3. The van der Waals surface area contributed by atoms with Crippen molar-refractivity contribution in [1.29, 1.82) is 0 Å². The van der Waals surface area contributed by atoms with Crippen LogP contribution in [0.5, 0.6) is 0 Å². The Labute approximate surface area is 125 Å². The summed E-state index contributed by atoms with van der Waals surface area (Å²) in [6.45, 7) is 0.622. The second-order valence-electron chi connectivity index (χ2n) is 5.37. The van der Waals surface area contributed by atoms with E-state index in [1.165, 1.54) is 25.7 Å². The van der Waals surface area contributed by atoms with Gasteiger partial charge in [0.2, 0.25) is 0 Å². The second kappa shape index (κ2) is 9.91. The lowest BCUT2D eigenvalue weighted by molar-refractivity contribution is -0.139. The molecule has 0 aliphatic heterocycles. The third-order valence-electron chi connectivity index (χ3n) is 3.76. The Hall–Kier alpha value is -0.910. The maximum absolute atomic E-state index is 11.6. The normalized spacial score (nSPS) is 16.9. The fourth-order valence-electron chi connectivity index (χ4n) is 2.59. The van der Waals surface area contributed by atoms with Gasteiger partial charge in [-0.05, 0) is 37.2 Å². The molecule has 0 bridgehead atoms. The van der Waals surface area contributed by atoms with E-state index in [-0.39, 0.29) is 6.03 Å². The summed E-state index contributed by atoms with van der Waals surface area (Å²) >= 11 is 1.57. The average Bonchev–Trinajstić information content (AvgIpc) is 2.92. The molecular weight excluding hydrogens is 276 g/mol. The summed E-state index contributed by atoms with van der Waals surface area (Å²) in [4.78, 5) is 22.6. The van der Waals surface area contributed by atoms with Crippen molar-refractivity contribution in [2.24, 2.45) is 5.92 Å². The minimum atomic E-state index is -0.972. The van der Waals surface area contributed by atoms with Crippen LogP contribution in [-0.2, 0) is 4.79 Å². The number of carboxylic acids is 1. The Morgan fingerprint density at radius 1 is 1.35 bits per heavy atom. The van der Waals surface area contributed by atoms with E-state index in [1.807, 2.05) is 6.26 Å². The highest BCUT2D eigenvalue weighted by atomic mass is 32.2. The van der Waals surface area contributed by atoms with Crippen LogP contribution in [-0.4, -0.2) is 41.7 Å². The van der Waals surface area contributed by atoms with Crippen molar-refractivity contribution >= 4 is 23.8 Å². The Balaban J connectivity index is 2.12. The lowest BCUT2D eigenvalue weighted by atomic mass is 10.0. The van der Waals surface area contributed by atoms with E-state index in [1.54, 1.807) is 11.8 Å². The van der Waals surface area contributed by atoms with Crippen molar-refractivity contribution < 1.29 is 14.7 Å². The molecule has 1 saturated carbocycles. The quantitative estimate of drug-likeness (QED) is 0.572. The van der Waals surface area contributed by atoms with Crippen LogP contribution < -0.4 is 10.6 Å². The van der Waals surface area contributed by atoms with Gasteiger partial charge in [0.05, 0.1) is 0 Å². The van der Waals surface area contributed by atoms with Gasteiger partial charge in [0.15, 0.2) is 0 Å². The third-order valence-corrected chi connectivity index (χ3v) is 4.41. The molecule has 1 aliphatic carbocycles. The van der Waals surface area contributed by atoms with Crippen LogP contribution in [0.2, 0.25) is 0 Å². The molecule has 6 heteroatoms. The largest absolute Gasteiger partial charge is 0.480 e. The smallest absolute Gasteiger partial charge is 0.326 e. The van der Waals surface area contributed by atoms with E-state index < -0.39 is 12.0 Å². The van der Waals surface area contributed by atoms with Gasteiger partial charge in [0.1, 0.15) is 6.04 Å². The van der Waals surface area contributed by atoms with Crippen LogP contribution in [0.3, 0.4) is 0 Å². The molecule has 20 heavy (non-hydrogen) atoms. The molecule has 5 nitrogen and oxygen atoms in total. The Bertz CT molecular complexity index is 307. The number of amides is 2. The maximum atomic E-state index is 11.6. The molecule has 3 N–H and O–H groups in total. The van der Waals surface area contributed by atoms with E-state index in [0.29, 0.717) is 13.0 Å². The number of carbonyl (C=O) groups excluding carboxylic acids is 1. The van der Waals surface area contributed by atoms with E-state index in [9.17, 15) is 9.59 Å². The topological polar surface area (TPSA) is 78.4 Å². The summed E-state index contributed by atoms with van der Waals surface area (Å²) in [7, 11) is 0. The van der Waals surface area contributed by atoms with Gasteiger partial charge >= 0.3 is 12.0 Å². The summed E-state index contributed by atoms with van der Waals surface area (Å²) in [6, 6.07) is -1.16. The molecule has 1 atom stereocenters. The van der Waals surface area contributed by atoms with E-state index in [0.717, 1.165) is 24.5 Å². The van der Waals surface area contributed by atoms with Crippen LogP contribution in [0.15, 0.2) is 0 Å². The van der Waals surface area contributed by atoms with E-state index in [4.69, 9.17) is 5.11 Å². The number of carbonyl (C=O) groups is 2. The standard InChI is InChI=1S/C14H26N2O3S/c1-20-10-8-12(13(17)18)16-14(19)15-9-4-7-11-5-2-3-6-11/h11-12H,2-10H2,1H3,(H,17,18)(H2,15,16,19). The molecule has 0 saturated heterocycles. The lowest BCUT2D eigenvalue weighted by Crippen LogP contribution is -2.46. The van der Waals surface area contributed by atoms with Crippen molar-refractivity contribution in [3.05, 3.63) is 0 Å². The molecule has 0 aromatic rings. The molecule has 1 aliphatic rings. The minimum Gasteiger partial charge on any atom is -0.480 e. The van der Waals surface area contributed by atoms with Gasteiger partial charge in [0, 0.05) is 6.54 Å². The van der Waals surface area contributed by atoms with Gasteiger partial charge in [0.25, 0.3) is 0 Å². The number of carboxylic acid groups (broad SMARTS) is 1. The van der Waals surface area contributed by atoms with Gasteiger partial charge < -0.3 is 15.7 Å². The molecule has 0 aromatic heterocycles. The molecule has 0 spiro atoms. The number of hydrogen-bond donors (Lipinski definition) is 3. The first-order valence-corrected chi connectivity index (χ1v) is 8.79. The summed E-state index contributed by atoms with van der Waals surface area (Å²) in [5.41, 5.74) is 0. The van der Waals surface area contributed by atoms with Crippen LogP contribution >= 0.6 is 11.8 Å². The van der Waals surface area contributed by atoms with Gasteiger partial charge in [-0.25, -0.2) is 9.59 Å². The van der Waals surface area contributed by atoms with Crippen molar-refractivity contribution in [3.8, 4) is 0 Å². The summed E-state index contributed by atoms with van der Waals surface area (Å²) < 4.78 is 0. The summed E-state index contributed by atoms with van der Waals surface area (Å²) in [6.07, 6.45) is 9.83. The SMILES string of the molecule is CSCCC(NC(=O)NCCCC1CCCC1)C(=O)O. The van der Waals surface area contributed by atoms with Gasteiger partial charge in [-0.1, -0.05) is 25.7 Å². The molecule has 1 rings (SSSR count). The predicted octanol–water partition coefficient (Wildman–Crippen LogP) is 2.46. The average molecular weight is 302 g/mol. The predicted molar refractivity (Wildman–Crippen MR) is 82.1 cm³/mol. The highest BCUT2D eigenvalue weighted by Gasteiger charge is 2.19. The molecule has 116 valence electrons. The van der Waals surface area contributed by atoms with Gasteiger partial charge in [-0.2, -0.15) is 11.8 Å². The highest BCUT2D eigenvalue weighted by Crippen LogP contribution is 2.28. The first-order chi connectivity index (χ1) is 9.63. The van der Waals surface area contributed by atoms with Gasteiger partial charge in [-0.15, -0.1) is 0 Å². The number of nitrogens with one attached hydrogen (secondary N) is 2. The van der Waals surface area contributed by atoms with E-state index >= 15 is 0 Å². The number of rotatable bonds is 9. The molecule has 1 fully saturated rings. The third kappa shape index (κ3) is 7.03. The second-order valence-corrected chi connectivity index (χ2v) is 6.35. The van der Waals surface area contributed by atoms with Crippen LogP contribution in [0.1, 0.15) is 44.9 Å². The van der Waals surface area contributed by atoms with Crippen LogP contribution in [0.25, 0.3) is 0 Å². The number of urea groups is 1. The first kappa shape index (κ1) is 17.1. The molecule has 1 unspecified atom stereocenters. The molecule has 0 radical (unpaired) electrons. The van der Waals surface area contributed by atoms with Crippen molar-refractivity contribution in [2.45, 2.75) is 51.0 Å². The van der Waals surface area contributed by atoms with Crippen molar-refractivity contribution in [2.75, 3.05) is 18.6 Å². The van der Waals surface area contributed by atoms with Crippen LogP contribution in [0.4, 0.5) is 4.79 Å². The maximum Gasteiger partial charge on any atom is 0.326 e. The fourth-order valence-corrected chi connectivity index (χ4v) is 3.07. The summed E-state index contributed by atoms with van der Waals surface area (Å²) in [5, 5.41) is 14.3. The van der Waals surface area contributed by atoms with Crippen molar-refractivity contribution in [1.82, 2.24) is 10.6 Å². The van der Waals surface area contributed by atoms with E-state index in [2.05, 4.69) is 10.6 Å². The van der Waals surface area contributed by atoms with Crippen LogP contribution in [0, 0.1) is 5.92 Å². The zero-order valence-corrected chi connectivity index (χ0v) is 13.0. The minimum absolute atomic E-state index is 0.370. The first-order valence-electron chi connectivity index (χ1n) is 7.39.